The van der Waals surface area contributed by atoms with Gasteiger partial charge in [0.1, 0.15) is 25.0 Å². The third kappa shape index (κ3) is 4.51. The predicted molar refractivity (Wildman–Crippen MR) is 91.6 cm³/mol. The normalized spacial score (nSPS) is 10.8. The number of hydrogen-bond acceptors (Lipinski definition) is 6. The van der Waals surface area contributed by atoms with Crippen molar-refractivity contribution in [2.75, 3.05) is 7.11 Å². The van der Waals surface area contributed by atoms with Crippen molar-refractivity contribution in [3.05, 3.63) is 77.9 Å². The number of carbonyl (C=O) groups is 1. The van der Waals surface area contributed by atoms with Crippen LogP contribution >= 0.6 is 0 Å². The van der Waals surface area contributed by atoms with Gasteiger partial charge in [0, 0.05) is 0 Å². The van der Waals surface area contributed by atoms with Gasteiger partial charge in [-0.1, -0.05) is 12.1 Å². The maximum absolute atomic E-state index is 11.4. The Morgan fingerprint density at radius 2 is 1.76 bits per heavy atom. The van der Waals surface area contributed by atoms with Gasteiger partial charge in [-0.2, -0.15) is 5.10 Å². The Labute approximate surface area is 144 Å². The number of nitrogens with zero attached hydrogens (tertiary/aromatic N) is 4. The van der Waals surface area contributed by atoms with Gasteiger partial charge >= 0.3 is 5.97 Å². The highest BCUT2D eigenvalue weighted by Crippen LogP contribution is 2.14. The van der Waals surface area contributed by atoms with Crippen LogP contribution in [-0.2, 0) is 11.3 Å². The van der Waals surface area contributed by atoms with Crippen LogP contribution in [0.25, 0.3) is 0 Å². The molecule has 1 heterocycles. The van der Waals surface area contributed by atoms with Crippen LogP contribution < -0.4 is 4.74 Å². The van der Waals surface area contributed by atoms with Crippen molar-refractivity contribution in [1.29, 1.82) is 0 Å². The third-order valence-corrected chi connectivity index (χ3v) is 3.41. The maximum Gasteiger partial charge on any atom is 0.337 e. The second-order valence-corrected chi connectivity index (χ2v) is 5.13. The van der Waals surface area contributed by atoms with Crippen molar-refractivity contribution in [1.82, 2.24) is 14.9 Å². The number of hydrogen-bond donors (Lipinski definition) is 0. The molecular formula is C18H16N4O3. The summed E-state index contributed by atoms with van der Waals surface area (Å²) in [5.41, 5.74) is 2.41. The van der Waals surface area contributed by atoms with Crippen LogP contribution in [0.5, 0.6) is 5.75 Å². The molecule has 25 heavy (non-hydrogen) atoms. The van der Waals surface area contributed by atoms with Crippen molar-refractivity contribution < 1.29 is 14.3 Å². The predicted octanol–water partition coefficient (Wildman–Crippen LogP) is 2.53. The largest absolute Gasteiger partial charge is 0.489 e. The second kappa shape index (κ2) is 7.87. The van der Waals surface area contributed by atoms with Crippen molar-refractivity contribution >= 4 is 12.2 Å². The number of esters is 1. The molecule has 0 N–H and O–H groups in total. The molecule has 0 radical (unpaired) electrons. The summed E-state index contributed by atoms with van der Waals surface area (Å²) in [5.74, 6) is 0.398. The molecule has 0 aliphatic carbocycles. The molecule has 2 aromatic carbocycles. The number of benzene rings is 2. The Bertz CT molecular complexity index is 841. The van der Waals surface area contributed by atoms with Crippen molar-refractivity contribution in [3.63, 3.8) is 0 Å². The van der Waals surface area contributed by atoms with E-state index in [0.29, 0.717) is 12.2 Å². The van der Waals surface area contributed by atoms with Gasteiger partial charge in [-0.25, -0.2) is 9.47 Å². The highest BCUT2D eigenvalue weighted by Gasteiger charge is 2.04. The first-order chi connectivity index (χ1) is 12.2. The van der Waals surface area contributed by atoms with E-state index >= 15 is 0 Å². The molecule has 0 aliphatic rings. The molecule has 0 bridgehead atoms. The molecule has 126 valence electrons. The smallest absolute Gasteiger partial charge is 0.337 e. The minimum Gasteiger partial charge on any atom is -0.489 e. The lowest BCUT2D eigenvalue weighted by Crippen LogP contribution is -2.02. The van der Waals surface area contributed by atoms with Crippen LogP contribution in [-0.4, -0.2) is 34.2 Å². The van der Waals surface area contributed by atoms with E-state index in [1.54, 1.807) is 18.3 Å². The molecular weight excluding hydrogens is 320 g/mol. The number of methoxy groups -OCH3 is 1. The van der Waals surface area contributed by atoms with Gasteiger partial charge in [-0.3, -0.25) is 0 Å². The van der Waals surface area contributed by atoms with Gasteiger partial charge in [0.25, 0.3) is 0 Å². The SMILES string of the molecule is COC(=O)c1ccc(COc2ccc(C=Nn3cnnc3)cc2)cc1. The summed E-state index contributed by atoms with van der Waals surface area (Å²) in [6.45, 7) is 0.412. The van der Waals surface area contributed by atoms with Gasteiger partial charge in [0.15, 0.2) is 0 Å². The van der Waals surface area contributed by atoms with Crippen LogP contribution in [0.1, 0.15) is 21.5 Å². The molecule has 0 atom stereocenters. The Morgan fingerprint density at radius 3 is 2.40 bits per heavy atom. The molecule has 0 unspecified atom stereocenters. The fourth-order valence-electron chi connectivity index (χ4n) is 2.06. The summed E-state index contributed by atoms with van der Waals surface area (Å²) in [4.78, 5) is 11.4. The van der Waals surface area contributed by atoms with Crippen LogP contribution in [0.4, 0.5) is 0 Å². The lowest BCUT2D eigenvalue weighted by atomic mass is 10.1. The van der Waals surface area contributed by atoms with Crippen LogP contribution in [0.2, 0.25) is 0 Å². The third-order valence-electron chi connectivity index (χ3n) is 3.41. The van der Waals surface area contributed by atoms with Crippen LogP contribution in [0.3, 0.4) is 0 Å². The van der Waals surface area contributed by atoms with E-state index in [9.17, 15) is 4.79 Å². The maximum atomic E-state index is 11.4. The zero-order valence-electron chi connectivity index (χ0n) is 13.6. The molecule has 7 nitrogen and oxygen atoms in total. The molecule has 0 saturated heterocycles. The van der Waals surface area contributed by atoms with E-state index in [4.69, 9.17) is 4.74 Å². The van der Waals surface area contributed by atoms with E-state index in [1.807, 2.05) is 36.4 Å². The summed E-state index contributed by atoms with van der Waals surface area (Å²) in [6, 6.07) is 14.7. The number of ether oxygens (including phenoxy) is 2. The summed E-state index contributed by atoms with van der Waals surface area (Å²) in [7, 11) is 1.36. The van der Waals surface area contributed by atoms with E-state index in [1.165, 1.54) is 24.4 Å². The molecule has 3 rings (SSSR count). The van der Waals surface area contributed by atoms with Gasteiger partial charge in [-0.05, 0) is 47.5 Å². The lowest BCUT2D eigenvalue weighted by molar-refractivity contribution is 0.0600. The quantitative estimate of drug-likeness (QED) is 0.510. The topological polar surface area (TPSA) is 78.6 Å². The minimum absolute atomic E-state index is 0.351. The number of rotatable bonds is 6. The zero-order chi connectivity index (χ0) is 17.5. The Balaban J connectivity index is 1.55. The first-order valence-corrected chi connectivity index (χ1v) is 7.54. The average molecular weight is 336 g/mol. The van der Waals surface area contributed by atoms with Crippen molar-refractivity contribution in [2.45, 2.75) is 6.61 Å². The van der Waals surface area contributed by atoms with E-state index in [0.717, 1.165) is 16.9 Å². The highest BCUT2D eigenvalue weighted by molar-refractivity contribution is 5.89. The summed E-state index contributed by atoms with van der Waals surface area (Å²) < 4.78 is 11.9. The van der Waals surface area contributed by atoms with Gasteiger partial charge in [0.05, 0.1) is 18.9 Å². The Hall–Kier alpha value is -3.48. The Kier molecular flexibility index (Phi) is 5.16. The van der Waals surface area contributed by atoms with Crippen molar-refractivity contribution in [2.24, 2.45) is 5.10 Å². The fraction of sp³-hybridized carbons (Fsp3) is 0.111. The standard InChI is InChI=1S/C18H16N4O3/c1-24-18(23)16-6-2-15(3-7-16)11-25-17-8-4-14(5-9-17)10-21-22-12-19-20-13-22/h2-10,12-13H,11H2,1H3. The molecule has 3 aromatic rings. The van der Waals surface area contributed by atoms with Gasteiger partial charge in [-0.15, -0.1) is 10.2 Å². The molecule has 1 aromatic heterocycles. The van der Waals surface area contributed by atoms with Gasteiger partial charge in [0.2, 0.25) is 0 Å². The van der Waals surface area contributed by atoms with Crippen LogP contribution in [0, 0.1) is 0 Å². The molecule has 0 spiro atoms. The summed E-state index contributed by atoms with van der Waals surface area (Å²) in [6.07, 6.45) is 4.73. The minimum atomic E-state index is -0.351. The summed E-state index contributed by atoms with van der Waals surface area (Å²) in [5, 5.41) is 11.5. The van der Waals surface area contributed by atoms with Gasteiger partial charge < -0.3 is 9.47 Å². The molecule has 0 amide bonds. The number of aromatic nitrogens is 3. The lowest BCUT2D eigenvalue weighted by Gasteiger charge is -2.07. The second-order valence-electron chi connectivity index (χ2n) is 5.13. The average Bonchev–Trinajstić information content (AvgIpc) is 3.19. The monoisotopic (exact) mass is 336 g/mol. The molecule has 0 saturated carbocycles. The van der Waals surface area contributed by atoms with Crippen LogP contribution in [0.15, 0.2) is 66.3 Å². The highest BCUT2D eigenvalue weighted by atomic mass is 16.5. The molecule has 7 heteroatoms. The number of carbonyl (C=O) groups excluding carboxylic acids is 1. The zero-order valence-corrected chi connectivity index (χ0v) is 13.6. The Morgan fingerprint density at radius 1 is 1.08 bits per heavy atom. The van der Waals surface area contributed by atoms with Crippen molar-refractivity contribution in [3.8, 4) is 5.75 Å². The summed E-state index contributed by atoms with van der Waals surface area (Å²) >= 11 is 0. The first kappa shape index (κ1) is 16.4. The van der Waals surface area contributed by atoms with E-state index < -0.39 is 0 Å². The molecule has 0 aliphatic heterocycles. The van der Waals surface area contributed by atoms with E-state index in [2.05, 4.69) is 20.0 Å². The van der Waals surface area contributed by atoms with E-state index in [-0.39, 0.29) is 5.97 Å². The molecule has 0 fully saturated rings. The first-order valence-electron chi connectivity index (χ1n) is 7.54. The fourth-order valence-corrected chi connectivity index (χ4v) is 2.06.